The number of nitrogen functional groups attached to an aromatic ring is 1. The maximum atomic E-state index is 12.9. The van der Waals surface area contributed by atoms with Crippen LogP contribution < -0.4 is 16.4 Å². The predicted molar refractivity (Wildman–Crippen MR) is 147 cm³/mol. The van der Waals surface area contributed by atoms with E-state index in [0.717, 1.165) is 16.8 Å². The summed E-state index contributed by atoms with van der Waals surface area (Å²) in [7, 11) is 0. The van der Waals surface area contributed by atoms with Crippen molar-refractivity contribution in [1.82, 2.24) is 15.2 Å². The van der Waals surface area contributed by atoms with Gasteiger partial charge in [-0.25, -0.2) is 4.98 Å². The third kappa shape index (κ3) is 5.55. The van der Waals surface area contributed by atoms with Crippen molar-refractivity contribution in [3.05, 3.63) is 101 Å². The minimum atomic E-state index is -4.64. The van der Waals surface area contributed by atoms with Gasteiger partial charge >= 0.3 is 6.18 Å². The standard InChI is InChI=1S/C28H25F3N8O/c1-15(21-7-4-8-25(35-21)37-27(40)23-13-24(39-38-23)28(29,30)31)22-12-16-5-2-3-6-19(16)26(36-22)34-18-9-10-20(33)17(11-18)14-32/h2-11,13-15,22,32H,12,33H2,1H3,(H,34,36)(H,38,39)(H,35,37,40). The molecule has 0 spiro atoms. The fourth-order valence-corrected chi connectivity index (χ4v) is 4.47. The van der Waals surface area contributed by atoms with Gasteiger partial charge in [0.15, 0.2) is 5.69 Å². The number of hydrogen-bond donors (Lipinski definition) is 5. The number of aromatic amines is 1. The number of carbonyl (C=O) groups is 1. The molecule has 0 radical (unpaired) electrons. The monoisotopic (exact) mass is 546 g/mol. The summed E-state index contributed by atoms with van der Waals surface area (Å²) in [5, 5.41) is 18.8. The summed E-state index contributed by atoms with van der Waals surface area (Å²) in [6.07, 6.45) is -2.79. The van der Waals surface area contributed by atoms with Crippen molar-refractivity contribution in [2.75, 3.05) is 16.4 Å². The topological polar surface area (TPSA) is 145 Å². The lowest BCUT2D eigenvalue weighted by atomic mass is 9.88. The molecular formula is C28H25F3N8O. The van der Waals surface area contributed by atoms with Gasteiger partial charge in [0, 0.05) is 46.4 Å². The van der Waals surface area contributed by atoms with Gasteiger partial charge in [0.05, 0.1) is 6.04 Å². The van der Waals surface area contributed by atoms with Crippen molar-refractivity contribution in [2.45, 2.75) is 31.5 Å². The van der Waals surface area contributed by atoms with Gasteiger partial charge in [-0.15, -0.1) is 0 Å². The van der Waals surface area contributed by atoms with Crippen LogP contribution in [-0.4, -0.2) is 39.2 Å². The molecule has 4 aromatic rings. The number of pyridine rings is 1. The molecule has 0 saturated carbocycles. The zero-order valence-electron chi connectivity index (χ0n) is 21.3. The lowest BCUT2D eigenvalue weighted by Crippen LogP contribution is -2.29. The number of aromatic nitrogens is 3. The Morgan fingerprint density at radius 1 is 1.15 bits per heavy atom. The molecule has 204 valence electrons. The van der Waals surface area contributed by atoms with Crippen LogP contribution >= 0.6 is 0 Å². The summed E-state index contributed by atoms with van der Waals surface area (Å²) >= 11 is 0. The number of H-pyrrole nitrogens is 1. The molecule has 1 amide bonds. The van der Waals surface area contributed by atoms with E-state index < -0.39 is 23.5 Å². The van der Waals surface area contributed by atoms with Crippen LogP contribution in [0.4, 0.5) is 30.4 Å². The summed E-state index contributed by atoms with van der Waals surface area (Å²) in [6, 6.07) is 18.8. The maximum Gasteiger partial charge on any atom is 0.432 e. The number of nitrogens with one attached hydrogen (secondary N) is 4. The Morgan fingerprint density at radius 3 is 2.70 bits per heavy atom. The highest BCUT2D eigenvalue weighted by atomic mass is 19.4. The number of aliphatic imine (C=N–C) groups is 1. The number of rotatable bonds is 6. The van der Waals surface area contributed by atoms with Gasteiger partial charge in [-0.3, -0.25) is 14.9 Å². The average Bonchev–Trinajstić information content (AvgIpc) is 3.45. The van der Waals surface area contributed by atoms with E-state index in [-0.39, 0.29) is 17.8 Å². The molecule has 6 N–H and O–H groups in total. The van der Waals surface area contributed by atoms with Gasteiger partial charge in [-0.05, 0) is 42.3 Å². The van der Waals surface area contributed by atoms with Crippen LogP contribution in [0.3, 0.4) is 0 Å². The Balaban J connectivity index is 1.38. The molecule has 1 aliphatic rings. The molecule has 12 heteroatoms. The first kappa shape index (κ1) is 26.6. The number of halogens is 3. The Hall–Kier alpha value is -5.00. The van der Waals surface area contributed by atoms with Crippen molar-refractivity contribution in [1.29, 1.82) is 5.41 Å². The van der Waals surface area contributed by atoms with Crippen LogP contribution in [0.2, 0.25) is 0 Å². The first-order chi connectivity index (χ1) is 19.1. The molecule has 0 fully saturated rings. The Kier molecular flexibility index (Phi) is 7.07. The maximum absolute atomic E-state index is 12.9. The number of nitrogens with zero attached hydrogens (tertiary/aromatic N) is 3. The summed E-state index contributed by atoms with van der Waals surface area (Å²) < 4.78 is 38.6. The third-order valence-electron chi connectivity index (χ3n) is 6.67. The van der Waals surface area contributed by atoms with Crippen molar-refractivity contribution in [3.8, 4) is 0 Å². The summed E-state index contributed by atoms with van der Waals surface area (Å²) in [5.41, 5.74) is 8.98. The smallest absolute Gasteiger partial charge is 0.398 e. The van der Waals surface area contributed by atoms with E-state index >= 15 is 0 Å². The largest absolute Gasteiger partial charge is 0.432 e. The molecule has 2 unspecified atom stereocenters. The van der Waals surface area contributed by atoms with E-state index in [1.165, 1.54) is 6.21 Å². The lowest BCUT2D eigenvalue weighted by molar-refractivity contribution is -0.141. The van der Waals surface area contributed by atoms with Gasteiger partial charge in [0.25, 0.3) is 5.91 Å². The number of benzene rings is 2. The van der Waals surface area contributed by atoms with E-state index in [0.29, 0.717) is 35.3 Å². The Morgan fingerprint density at radius 2 is 1.95 bits per heavy atom. The molecule has 1 aliphatic heterocycles. The van der Waals surface area contributed by atoms with Crippen molar-refractivity contribution in [2.24, 2.45) is 4.99 Å². The van der Waals surface area contributed by atoms with E-state index in [2.05, 4.69) is 20.7 Å². The normalized spacial score (nSPS) is 15.5. The van der Waals surface area contributed by atoms with E-state index in [1.54, 1.807) is 24.3 Å². The molecule has 3 heterocycles. The molecule has 2 aromatic heterocycles. The quantitative estimate of drug-likeness (QED) is 0.166. The fourth-order valence-electron chi connectivity index (χ4n) is 4.47. The highest BCUT2D eigenvalue weighted by Crippen LogP contribution is 2.31. The highest BCUT2D eigenvalue weighted by molar-refractivity contribution is 6.10. The Bertz CT molecular complexity index is 1610. The van der Waals surface area contributed by atoms with Crippen LogP contribution in [0.25, 0.3) is 0 Å². The molecule has 2 atom stereocenters. The van der Waals surface area contributed by atoms with E-state index in [9.17, 15) is 18.0 Å². The molecule has 9 nitrogen and oxygen atoms in total. The fraction of sp³-hybridized carbons (Fsp3) is 0.179. The number of alkyl halides is 3. The molecule has 2 aromatic carbocycles. The average molecular weight is 547 g/mol. The number of amidine groups is 1. The predicted octanol–water partition coefficient (Wildman–Crippen LogP) is 5.24. The van der Waals surface area contributed by atoms with Crippen LogP contribution in [0.15, 0.2) is 71.7 Å². The minimum absolute atomic E-state index is 0.173. The first-order valence-corrected chi connectivity index (χ1v) is 12.4. The van der Waals surface area contributed by atoms with Crippen molar-refractivity contribution < 1.29 is 18.0 Å². The second-order valence-electron chi connectivity index (χ2n) is 9.37. The van der Waals surface area contributed by atoms with Crippen LogP contribution in [0.1, 0.15) is 51.4 Å². The second kappa shape index (κ2) is 10.6. The molecule has 40 heavy (non-hydrogen) atoms. The molecule has 0 saturated heterocycles. The summed E-state index contributed by atoms with van der Waals surface area (Å²) in [6.45, 7) is 1.98. The van der Waals surface area contributed by atoms with Gasteiger partial charge in [0.2, 0.25) is 0 Å². The molecular weight excluding hydrogens is 521 g/mol. The van der Waals surface area contributed by atoms with Gasteiger partial charge in [0.1, 0.15) is 17.3 Å². The van der Waals surface area contributed by atoms with E-state index in [4.69, 9.17) is 16.1 Å². The van der Waals surface area contributed by atoms with Crippen molar-refractivity contribution >= 4 is 35.2 Å². The van der Waals surface area contributed by atoms with Gasteiger partial charge < -0.3 is 21.8 Å². The number of fused-ring (bicyclic) bond motifs is 1. The molecule has 0 aliphatic carbocycles. The van der Waals surface area contributed by atoms with Crippen LogP contribution in [0, 0.1) is 5.41 Å². The van der Waals surface area contributed by atoms with Crippen LogP contribution in [0.5, 0.6) is 0 Å². The number of nitrogens with two attached hydrogens (primary N) is 1. The van der Waals surface area contributed by atoms with Crippen molar-refractivity contribution in [3.63, 3.8) is 0 Å². The Labute approximate surface area is 227 Å². The number of amides is 1. The summed E-state index contributed by atoms with van der Waals surface area (Å²) in [4.78, 5) is 22.1. The minimum Gasteiger partial charge on any atom is -0.398 e. The van der Waals surface area contributed by atoms with Gasteiger partial charge in [-0.1, -0.05) is 37.3 Å². The van der Waals surface area contributed by atoms with Gasteiger partial charge in [-0.2, -0.15) is 18.3 Å². The summed E-state index contributed by atoms with van der Waals surface area (Å²) in [5.74, 6) is -0.130. The first-order valence-electron chi connectivity index (χ1n) is 12.4. The zero-order chi connectivity index (χ0) is 28.4. The number of carbonyl (C=O) groups excluding carboxylic acids is 1. The molecule has 0 bridgehead atoms. The number of hydrogen-bond acceptors (Lipinski definition) is 7. The zero-order valence-corrected chi connectivity index (χ0v) is 21.3. The molecule has 5 rings (SSSR count). The second-order valence-corrected chi connectivity index (χ2v) is 9.37. The van der Waals surface area contributed by atoms with Crippen LogP contribution in [-0.2, 0) is 12.6 Å². The third-order valence-corrected chi connectivity index (χ3v) is 6.67. The highest BCUT2D eigenvalue weighted by Gasteiger charge is 2.34. The van der Waals surface area contributed by atoms with E-state index in [1.807, 2.05) is 48.4 Å². The number of anilines is 3. The lowest BCUT2D eigenvalue weighted by Gasteiger charge is -2.28. The SMILES string of the molecule is CC(c1cccc(NC(=O)c2cc(C(F)(F)F)[nH]n2)n1)C1Cc2ccccc2C(Nc2ccc(N)c(C=N)c2)=N1.